The molecule has 1 atom stereocenters. The van der Waals surface area contributed by atoms with Gasteiger partial charge in [0, 0.05) is 12.8 Å². The van der Waals surface area contributed by atoms with Crippen LogP contribution in [0.5, 0.6) is 0 Å². The van der Waals surface area contributed by atoms with Gasteiger partial charge in [-0.15, -0.1) is 10.2 Å². The fourth-order valence-electron chi connectivity index (χ4n) is 1.81. The van der Waals surface area contributed by atoms with Gasteiger partial charge in [-0.2, -0.15) is 0 Å². The van der Waals surface area contributed by atoms with Crippen molar-refractivity contribution in [3.63, 3.8) is 0 Å². The highest BCUT2D eigenvalue weighted by molar-refractivity contribution is 7.99. The standard InChI is InChI=1S/C12H22N4O2S/c1-4-13-12(2,10(17)18)7-5-6-8-19-11-15-14-9-16(11)3/h9,13H,4-8H2,1-3H3,(H,17,18). The summed E-state index contributed by atoms with van der Waals surface area (Å²) in [6, 6.07) is 0. The molecule has 1 aromatic rings. The van der Waals surface area contributed by atoms with E-state index >= 15 is 0 Å². The van der Waals surface area contributed by atoms with Crippen LogP contribution in [0.25, 0.3) is 0 Å². The summed E-state index contributed by atoms with van der Waals surface area (Å²) in [7, 11) is 1.91. The molecule has 0 saturated heterocycles. The zero-order chi connectivity index (χ0) is 14.3. The SMILES string of the molecule is CCNC(C)(CCCCSc1nncn1C)C(=O)O. The van der Waals surface area contributed by atoms with Gasteiger partial charge in [-0.25, -0.2) is 0 Å². The molecule has 1 rings (SSSR count). The number of hydrogen-bond donors (Lipinski definition) is 2. The predicted octanol–water partition coefficient (Wildman–Crippen LogP) is 1.53. The lowest BCUT2D eigenvalue weighted by Crippen LogP contribution is -2.49. The third kappa shape index (κ3) is 4.83. The molecule has 0 aliphatic heterocycles. The number of likely N-dealkylation sites (N-methyl/N-ethyl adjacent to an activating group) is 1. The minimum Gasteiger partial charge on any atom is -0.480 e. The zero-order valence-electron chi connectivity index (χ0n) is 11.7. The van der Waals surface area contributed by atoms with Crippen molar-refractivity contribution in [3.05, 3.63) is 6.33 Å². The molecule has 1 heterocycles. The molecule has 1 unspecified atom stereocenters. The number of aliphatic carboxylic acids is 1. The Labute approximate surface area is 118 Å². The van der Waals surface area contributed by atoms with E-state index in [0.717, 1.165) is 23.8 Å². The molecule has 2 N–H and O–H groups in total. The van der Waals surface area contributed by atoms with Crippen molar-refractivity contribution in [2.75, 3.05) is 12.3 Å². The largest absolute Gasteiger partial charge is 0.480 e. The number of rotatable bonds is 9. The number of aromatic nitrogens is 3. The van der Waals surface area contributed by atoms with Crippen molar-refractivity contribution in [3.8, 4) is 0 Å². The van der Waals surface area contributed by atoms with Crippen molar-refractivity contribution in [1.29, 1.82) is 0 Å². The Morgan fingerprint density at radius 3 is 2.84 bits per heavy atom. The van der Waals surface area contributed by atoms with Crippen molar-refractivity contribution >= 4 is 17.7 Å². The number of thioether (sulfide) groups is 1. The summed E-state index contributed by atoms with van der Waals surface area (Å²) in [5.41, 5.74) is -0.815. The molecule has 0 aromatic carbocycles. The Hall–Kier alpha value is -1.08. The second kappa shape index (κ2) is 7.49. The van der Waals surface area contributed by atoms with Crippen LogP contribution in [0, 0.1) is 0 Å². The van der Waals surface area contributed by atoms with Gasteiger partial charge in [0.2, 0.25) is 0 Å². The molecule has 0 bridgehead atoms. The Balaban J connectivity index is 2.26. The van der Waals surface area contributed by atoms with E-state index in [1.54, 1.807) is 25.0 Å². The third-order valence-electron chi connectivity index (χ3n) is 3.01. The molecule has 0 radical (unpaired) electrons. The average Bonchev–Trinajstić information content (AvgIpc) is 2.75. The van der Waals surface area contributed by atoms with E-state index in [-0.39, 0.29) is 0 Å². The second-order valence-electron chi connectivity index (χ2n) is 4.70. The molecule has 1 aromatic heterocycles. The summed E-state index contributed by atoms with van der Waals surface area (Å²) in [6.45, 7) is 4.33. The maximum Gasteiger partial charge on any atom is 0.323 e. The first-order valence-electron chi connectivity index (χ1n) is 6.45. The first kappa shape index (κ1) is 16.0. The van der Waals surface area contributed by atoms with Gasteiger partial charge in [0.05, 0.1) is 0 Å². The van der Waals surface area contributed by atoms with E-state index in [2.05, 4.69) is 15.5 Å². The molecule has 0 fully saturated rings. The Morgan fingerprint density at radius 1 is 1.58 bits per heavy atom. The third-order valence-corrected chi connectivity index (χ3v) is 4.13. The van der Waals surface area contributed by atoms with Gasteiger partial charge >= 0.3 is 5.97 Å². The lowest BCUT2D eigenvalue weighted by molar-refractivity contribution is -0.144. The monoisotopic (exact) mass is 286 g/mol. The van der Waals surface area contributed by atoms with Crippen LogP contribution in [0.15, 0.2) is 11.5 Å². The number of nitrogens with one attached hydrogen (secondary N) is 1. The molecule has 0 saturated carbocycles. The Morgan fingerprint density at radius 2 is 2.32 bits per heavy atom. The highest BCUT2D eigenvalue weighted by atomic mass is 32.2. The highest BCUT2D eigenvalue weighted by Gasteiger charge is 2.30. The van der Waals surface area contributed by atoms with Gasteiger partial charge in [-0.3, -0.25) is 4.79 Å². The van der Waals surface area contributed by atoms with Crippen LogP contribution in [-0.4, -0.2) is 43.7 Å². The lowest BCUT2D eigenvalue weighted by atomic mass is 9.95. The summed E-state index contributed by atoms with van der Waals surface area (Å²) in [5.74, 6) is 0.143. The van der Waals surface area contributed by atoms with Crippen LogP contribution >= 0.6 is 11.8 Å². The van der Waals surface area contributed by atoms with E-state index in [4.69, 9.17) is 0 Å². The normalized spacial score (nSPS) is 14.3. The van der Waals surface area contributed by atoms with E-state index in [9.17, 15) is 9.90 Å². The van der Waals surface area contributed by atoms with E-state index in [1.165, 1.54) is 0 Å². The predicted molar refractivity (Wildman–Crippen MR) is 75.3 cm³/mol. The first-order valence-corrected chi connectivity index (χ1v) is 7.43. The van der Waals surface area contributed by atoms with Gasteiger partial charge in [0.1, 0.15) is 11.9 Å². The number of carboxylic acid groups (broad SMARTS) is 1. The van der Waals surface area contributed by atoms with Crippen LogP contribution in [0.3, 0.4) is 0 Å². The maximum absolute atomic E-state index is 11.2. The molecule has 0 aliphatic rings. The number of carbonyl (C=O) groups is 1. The van der Waals surface area contributed by atoms with Crippen molar-refractivity contribution < 1.29 is 9.90 Å². The van der Waals surface area contributed by atoms with Gasteiger partial charge in [-0.1, -0.05) is 25.1 Å². The molecule has 0 aliphatic carbocycles. The number of aryl methyl sites for hydroxylation is 1. The highest BCUT2D eigenvalue weighted by Crippen LogP contribution is 2.19. The molecule has 108 valence electrons. The van der Waals surface area contributed by atoms with Gasteiger partial charge < -0.3 is 15.0 Å². The summed E-state index contributed by atoms with van der Waals surface area (Å²) < 4.78 is 1.88. The quantitative estimate of drug-likeness (QED) is 0.529. The molecule has 0 amide bonds. The second-order valence-corrected chi connectivity index (χ2v) is 5.76. The van der Waals surface area contributed by atoms with E-state index < -0.39 is 11.5 Å². The van der Waals surface area contributed by atoms with Crippen LogP contribution in [0.2, 0.25) is 0 Å². The molecule has 7 heteroatoms. The summed E-state index contributed by atoms with van der Waals surface area (Å²) in [6.07, 6.45) is 4.15. The van der Waals surface area contributed by atoms with E-state index in [0.29, 0.717) is 13.0 Å². The number of hydrogen-bond acceptors (Lipinski definition) is 5. The molecule has 6 nitrogen and oxygen atoms in total. The first-order chi connectivity index (χ1) is 8.99. The lowest BCUT2D eigenvalue weighted by Gasteiger charge is -2.25. The van der Waals surface area contributed by atoms with Crippen LogP contribution in [-0.2, 0) is 11.8 Å². The van der Waals surface area contributed by atoms with Crippen molar-refractivity contribution in [2.45, 2.75) is 43.8 Å². The van der Waals surface area contributed by atoms with Gasteiger partial charge in [0.25, 0.3) is 0 Å². The van der Waals surface area contributed by atoms with Crippen molar-refractivity contribution in [2.24, 2.45) is 7.05 Å². The average molecular weight is 286 g/mol. The van der Waals surface area contributed by atoms with Crippen LogP contribution in [0.1, 0.15) is 33.1 Å². The minimum absolute atomic E-state index is 0.634. The molecular formula is C12H22N4O2S. The van der Waals surface area contributed by atoms with Gasteiger partial charge in [0.15, 0.2) is 5.16 Å². The summed E-state index contributed by atoms with van der Waals surface area (Å²) in [4.78, 5) is 11.2. The Bertz CT molecular complexity index is 410. The molecule has 19 heavy (non-hydrogen) atoms. The molecular weight excluding hydrogens is 264 g/mol. The molecule has 0 spiro atoms. The number of unbranched alkanes of at least 4 members (excludes halogenated alkanes) is 1. The number of carboxylic acids is 1. The smallest absolute Gasteiger partial charge is 0.323 e. The summed E-state index contributed by atoms with van der Waals surface area (Å²) >= 11 is 1.65. The topological polar surface area (TPSA) is 80.0 Å². The van der Waals surface area contributed by atoms with Gasteiger partial charge in [-0.05, 0) is 26.3 Å². The van der Waals surface area contributed by atoms with Crippen molar-refractivity contribution in [1.82, 2.24) is 20.1 Å². The summed E-state index contributed by atoms with van der Waals surface area (Å²) in [5, 5.41) is 21.0. The Kier molecular flexibility index (Phi) is 6.30. The van der Waals surface area contributed by atoms with Crippen LogP contribution in [0.4, 0.5) is 0 Å². The maximum atomic E-state index is 11.2. The number of nitrogens with zero attached hydrogens (tertiary/aromatic N) is 3. The fraction of sp³-hybridized carbons (Fsp3) is 0.750. The van der Waals surface area contributed by atoms with E-state index in [1.807, 2.05) is 18.5 Å². The minimum atomic E-state index is -0.815. The zero-order valence-corrected chi connectivity index (χ0v) is 12.5. The fourth-order valence-corrected chi connectivity index (χ4v) is 2.70. The van der Waals surface area contributed by atoms with Crippen LogP contribution < -0.4 is 5.32 Å².